The molecule has 20 heavy (non-hydrogen) atoms. The first-order chi connectivity index (χ1) is 9.65. The minimum Gasteiger partial charge on any atom is -0.144 e. The molecule has 0 unspecified atom stereocenters. The maximum Gasteiger partial charge on any atom is 0.0342 e. The van der Waals surface area contributed by atoms with E-state index in [-0.39, 0.29) is 0 Å². The van der Waals surface area contributed by atoms with E-state index in [0.29, 0.717) is 0 Å². The molecule has 3 aromatic rings. The van der Waals surface area contributed by atoms with E-state index in [4.69, 9.17) is 0 Å². The Hall–Kier alpha value is -1.38. The second-order valence-corrected chi connectivity index (χ2v) is 6.51. The van der Waals surface area contributed by atoms with Gasteiger partial charge in [-0.15, -0.1) is 11.3 Å². The van der Waals surface area contributed by atoms with Crippen molar-refractivity contribution < 1.29 is 0 Å². The van der Waals surface area contributed by atoms with Crippen LogP contribution in [0.5, 0.6) is 0 Å². The van der Waals surface area contributed by atoms with Crippen LogP contribution in [0.25, 0.3) is 10.4 Å². The van der Waals surface area contributed by atoms with Gasteiger partial charge in [-0.1, -0.05) is 69.5 Å². The summed E-state index contributed by atoms with van der Waals surface area (Å²) in [6, 6.07) is 21.0. The zero-order chi connectivity index (χ0) is 14.4. The molecule has 0 radical (unpaired) electrons. The predicted molar refractivity (Wildman–Crippen MR) is 93.4 cm³/mol. The molecule has 0 spiro atoms. The Balaban J connectivity index is 0.000000160. The topological polar surface area (TPSA) is 0 Å². The molecule has 2 aromatic carbocycles. The number of aryl methyl sites for hydroxylation is 2. The molecule has 0 aliphatic carbocycles. The third kappa shape index (κ3) is 4.62. The summed E-state index contributed by atoms with van der Waals surface area (Å²) in [6.07, 6.45) is 0. The van der Waals surface area contributed by atoms with Crippen molar-refractivity contribution in [3.8, 4) is 10.4 Å². The van der Waals surface area contributed by atoms with Gasteiger partial charge in [0.1, 0.15) is 0 Å². The molecule has 0 amide bonds. The molecule has 2 heteroatoms. The number of rotatable bonds is 1. The van der Waals surface area contributed by atoms with Crippen LogP contribution >= 0.6 is 27.3 Å². The van der Waals surface area contributed by atoms with E-state index in [9.17, 15) is 0 Å². The van der Waals surface area contributed by atoms with E-state index >= 15 is 0 Å². The van der Waals surface area contributed by atoms with Crippen molar-refractivity contribution in [2.45, 2.75) is 13.8 Å². The fourth-order valence-electron chi connectivity index (χ4n) is 1.85. The molecule has 1 aromatic heterocycles. The van der Waals surface area contributed by atoms with E-state index in [1.165, 1.54) is 21.6 Å². The quantitative estimate of drug-likeness (QED) is 0.473. The third-order valence-electron chi connectivity index (χ3n) is 2.80. The van der Waals surface area contributed by atoms with E-state index in [1.54, 1.807) is 11.3 Å². The van der Waals surface area contributed by atoms with Crippen LogP contribution in [0.1, 0.15) is 11.1 Å². The zero-order valence-electron chi connectivity index (χ0n) is 11.6. The predicted octanol–water partition coefficient (Wildman–Crippen LogP) is 6.48. The fourth-order valence-corrected chi connectivity index (χ4v) is 3.08. The van der Waals surface area contributed by atoms with Crippen molar-refractivity contribution in [1.82, 2.24) is 0 Å². The second kappa shape index (κ2) is 7.41. The van der Waals surface area contributed by atoms with Crippen LogP contribution < -0.4 is 0 Å². The number of hydrogen-bond acceptors (Lipinski definition) is 1. The fraction of sp³-hybridized carbons (Fsp3) is 0.111. The van der Waals surface area contributed by atoms with Gasteiger partial charge in [-0.05, 0) is 43.0 Å². The van der Waals surface area contributed by atoms with E-state index in [1.807, 2.05) is 12.1 Å². The summed E-state index contributed by atoms with van der Waals surface area (Å²) in [5, 5.41) is 2.11. The van der Waals surface area contributed by atoms with Crippen LogP contribution in [0.3, 0.4) is 0 Å². The van der Waals surface area contributed by atoms with E-state index in [0.717, 1.165) is 4.47 Å². The van der Waals surface area contributed by atoms with Crippen LogP contribution in [0.2, 0.25) is 0 Å². The highest BCUT2D eigenvalue weighted by Gasteiger charge is 1.96. The van der Waals surface area contributed by atoms with Gasteiger partial charge in [0.25, 0.3) is 0 Å². The van der Waals surface area contributed by atoms with Gasteiger partial charge in [-0.3, -0.25) is 0 Å². The summed E-state index contributed by atoms with van der Waals surface area (Å²) < 4.78 is 1.15. The van der Waals surface area contributed by atoms with Gasteiger partial charge in [0.2, 0.25) is 0 Å². The van der Waals surface area contributed by atoms with Crippen LogP contribution in [0.15, 0.2) is 70.5 Å². The van der Waals surface area contributed by atoms with Gasteiger partial charge in [-0.25, -0.2) is 0 Å². The molecule has 0 aliphatic heterocycles. The minimum absolute atomic E-state index is 1.15. The van der Waals surface area contributed by atoms with Crippen molar-refractivity contribution in [2.24, 2.45) is 0 Å². The smallest absolute Gasteiger partial charge is 0.0342 e. The lowest BCUT2D eigenvalue weighted by Gasteiger charge is -1.97. The highest BCUT2D eigenvalue weighted by Crippen LogP contribution is 2.24. The van der Waals surface area contributed by atoms with Gasteiger partial charge in [0.05, 0.1) is 0 Å². The molecular weight excluding hydrogens is 328 g/mol. The van der Waals surface area contributed by atoms with Crippen LogP contribution in [0.4, 0.5) is 0 Å². The highest BCUT2D eigenvalue weighted by atomic mass is 79.9. The second-order valence-electron chi connectivity index (χ2n) is 4.65. The van der Waals surface area contributed by atoms with Crippen molar-refractivity contribution in [3.63, 3.8) is 0 Å². The maximum absolute atomic E-state index is 3.36. The van der Waals surface area contributed by atoms with Gasteiger partial charge >= 0.3 is 0 Å². The first kappa shape index (κ1) is 15.0. The number of halogens is 1. The average Bonchev–Trinajstić information content (AvgIpc) is 2.93. The average molecular weight is 345 g/mol. The largest absolute Gasteiger partial charge is 0.144 e. The molecule has 0 N–H and O–H groups in total. The van der Waals surface area contributed by atoms with Gasteiger partial charge in [-0.2, -0.15) is 0 Å². The Bertz CT molecular complexity index is 639. The van der Waals surface area contributed by atoms with Crippen LogP contribution in [-0.2, 0) is 0 Å². The highest BCUT2D eigenvalue weighted by molar-refractivity contribution is 9.10. The maximum atomic E-state index is 3.36. The Kier molecular flexibility index (Phi) is 5.57. The molecule has 102 valence electrons. The van der Waals surface area contributed by atoms with Crippen molar-refractivity contribution in [2.75, 3.05) is 0 Å². The lowest BCUT2D eigenvalue weighted by molar-refractivity contribution is 1.45. The van der Waals surface area contributed by atoms with E-state index < -0.39 is 0 Å². The minimum atomic E-state index is 1.15. The Morgan fingerprint density at radius 1 is 0.800 bits per heavy atom. The third-order valence-corrected chi connectivity index (χ3v) is 4.22. The number of benzene rings is 2. The molecule has 0 saturated carbocycles. The summed E-state index contributed by atoms with van der Waals surface area (Å²) in [6.45, 7) is 4.20. The molecule has 3 rings (SSSR count). The molecule has 0 saturated heterocycles. The van der Waals surface area contributed by atoms with Crippen LogP contribution in [-0.4, -0.2) is 0 Å². The molecule has 0 fully saturated rings. The SMILES string of the molecule is Cc1cccc(-c2cccs2)c1.Cc1cccc(Br)c1. The van der Waals surface area contributed by atoms with Crippen molar-refractivity contribution in [1.29, 1.82) is 0 Å². The monoisotopic (exact) mass is 344 g/mol. The molecule has 1 heterocycles. The Labute approximate surface area is 133 Å². The Morgan fingerprint density at radius 2 is 1.50 bits per heavy atom. The molecule has 0 atom stereocenters. The Morgan fingerprint density at radius 3 is 2.00 bits per heavy atom. The van der Waals surface area contributed by atoms with Gasteiger partial charge < -0.3 is 0 Å². The van der Waals surface area contributed by atoms with Crippen molar-refractivity contribution in [3.05, 3.63) is 81.6 Å². The summed E-state index contributed by atoms with van der Waals surface area (Å²) in [7, 11) is 0. The molecular formula is C18H17BrS. The lowest BCUT2D eigenvalue weighted by atomic mass is 10.1. The molecule has 0 aliphatic rings. The summed E-state index contributed by atoms with van der Waals surface area (Å²) >= 11 is 5.15. The van der Waals surface area contributed by atoms with E-state index in [2.05, 4.69) is 83.7 Å². The summed E-state index contributed by atoms with van der Waals surface area (Å²) in [4.78, 5) is 1.35. The first-order valence-electron chi connectivity index (χ1n) is 6.48. The van der Waals surface area contributed by atoms with Crippen LogP contribution in [0, 0.1) is 13.8 Å². The summed E-state index contributed by atoms with van der Waals surface area (Å²) in [5.74, 6) is 0. The first-order valence-corrected chi connectivity index (χ1v) is 8.15. The van der Waals surface area contributed by atoms with Crippen molar-refractivity contribution >= 4 is 27.3 Å². The number of thiophene rings is 1. The molecule has 0 nitrogen and oxygen atoms in total. The van der Waals surface area contributed by atoms with Gasteiger partial charge in [0.15, 0.2) is 0 Å². The summed E-state index contributed by atoms with van der Waals surface area (Å²) in [5.41, 5.74) is 3.94. The molecule has 0 bridgehead atoms. The standard InChI is InChI=1S/C11H10S.C7H7Br/c1-9-4-2-5-10(8-9)11-6-3-7-12-11;1-6-3-2-4-7(8)5-6/h2-8H,1H3;2-5H,1H3. The number of hydrogen-bond donors (Lipinski definition) is 0. The van der Waals surface area contributed by atoms with Gasteiger partial charge in [0, 0.05) is 9.35 Å². The zero-order valence-corrected chi connectivity index (χ0v) is 14.0. The lowest BCUT2D eigenvalue weighted by Crippen LogP contribution is -1.73. The normalized spacial score (nSPS) is 9.75.